The summed E-state index contributed by atoms with van der Waals surface area (Å²) in [7, 11) is 3.78. The molecule has 4 heteroatoms. The molecule has 1 fully saturated rings. The van der Waals surface area contributed by atoms with Crippen LogP contribution in [0.15, 0.2) is 0 Å². The highest BCUT2D eigenvalue weighted by Crippen LogP contribution is 2.21. The summed E-state index contributed by atoms with van der Waals surface area (Å²) < 4.78 is 5.06. The highest BCUT2D eigenvalue weighted by Gasteiger charge is 2.35. The van der Waals surface area contributed by atoms with E-state index in [4.69, 9.17) is 4.74 Å². The van der Waals surface area contributed by atoms with Gasteiger partial charge in [-0.2, -0.15) is 0 Å². The second-order valence-electron chi connectivity index (χ2n) is 3.59. The third-order valence-electron chi connectivity index (χ3n) is 2.29. The van der Waals surface area contributed by atoms with Crippen molar-refractivity contribution in [3.8, 4) is 0 Å². The number of ether oxygens (including phenoxy) is 1. The SMILES string of the molecule is CC1C[C@H](N(C)C)[C@@H](O)C(O)O1. The molecule has 0 bridgehead atoms. The van der Waals surface area contributed by atoms with Crippen molar-refractivity contribution in [1.29, 1.82) is 0 Å². The largest absolute Gasteiger partial charge is 0.386 e. The highest BCUT2D eigenvalue weighted by molar-refractivity contribution is 4.84. The minimum Gasteiger partial charge on any atom is -0.386 e. The minimum absolute atomic E-state index is 0.01000. The molecule has 4 nitrogen and oxygen atoms in total. The molecule has 1 aliphatic heterocycles. The Morgan fingerprint density at radius 3 is 2.42 bits per heavy atom. The molecule has 0 radical (unpaired) electrons. The van der Waals surface area contributed by atoms with Crippen LogP contribution in [-0.4, -0.2) is 53.7 Å². The Bertz CT molecular complexity index is 151. The first-order valence-electron chi connectivity index (χ1n) is 4.20. The van der Waals surface area contributed by atoms with E-state index < -0.39 is 12.4 Å². The number of aliphatic hydroxyl groups is 2. The molecule has 1 saturated heterocycles. The maximum Gasteiger partial charge on any atom is 0.182 e. The molecule has 0 amide bonds. The fourth-order valence-corrected chi connectivity index (χ4v) is 1.56. The molecule has 0 aliphatic carbocycles. The normalized spacial score (nSPS) is 43.5. The van der Waals surface area contributed by atoms with Gasteiger partial charge in [0.15, 0.2) is 6.29 Å². The summed E-state index contributed by atoms with van der Waals surface area (Å²) >= 11 is 0. The lowest BCUT2D eigenvalue weighted by Gasteiger charge is -2.38. The zero-order valence-electron chi connectivity index (χ0n) is 7.77. The van der Waals surface area contributed by atoms with E-state index in [-0.39, 0.29) is 12.1 Å². The first kappa shape index (κ1) is 9.92. The van der Waals surface area contributed by atoms with Gasteiger partial charge in [0.05, 0.1) is 6.10 Å². The van der Waals surface area contributed by atoms with Gasteiger partial charge in [-0.25, -0.2) is 0 Å². The van der Waals surface area contributed by atoms with E-state index in [0.29, 0.717) is 0 Å². The summed E-state index contributed by atoms with van der Waals surface area (Å²) in [5.41, 5.74) is 0. The average Bonchev–Trinajstić information content (AvgIpc) is 1.96. The van der Waals surface area contributed by atoms with Crippen molar-refractivity contribution in [2.24, 2.45) is 0 Å². The van der Waals surface area contributed by atoms with E-state index in [0.717, 1.165) is 6.42 Å². The van der Waals surface area contributed by atoms with Gasteiger partial charge in [0, 0.05) is 6.04 Å². The van der Waals surface area contributed by atoms with Gasteiger partial charge in [0.1, 0.15) is 6.10 Å². The number of nitrogens with zero attached hydrogens (tertiary/aromatic N) is 1. The van der Waals surface area contributed by atoms with Crippen molar-refractivity contribution < 1.29 is 14.9 Å². The van der Waals surface area contributed by atoms with Crippen molar-refractivity contribution >= 4 is 0 Å². The Labute approximate surface area is 72.7 Å². The number of rotatable bonds is 1. The van der Waals surface area contributed by atoms with Gasteiger partial charge in [-0.05, 0) is 27.4 Å². The van der Waals surface area contributed by atoms with E-state index in [2.05, 4.69) is 0 Å². The molecule has 4 atom stereocenters. The van der Waals surface area contributed by atoms with Gasteiger partial charge in [0.2, 0.25) is 0 Å². The van der Waals surface area contributed by atoms with E-state index in [1.807, 2.05) is 25.9 Å². The Morgan fingerprint density at radius 1 is 1.33 bits per heavy atom. The first-order chi connectivity index (χ1) is 5.52. The zero-order valence-corrected chi connectivity index (χ0v) is 7.77. The van der Waals surface area contributed by atoms with Crippen LogP contribution in [0.25, 0.3) is 0 Å². The van der Waals surface area contributed by atoms with E-state index >= 15 is 0 Å². The Balaban J connectivity index is 2.60. The third kappa shape index (κ3) is 1.95. The quantitative estimate of drug-likeness (QED) is 0.559. The summed E-state index contributed by atoms with van der Waals surface area (Å²) in [4.78, 5) is 1.91. The molecule has 0 aromatic rings. The van der Waals surface area contributed by atoms with Gasteiger partial charge < -0.3 is 19.8 Å². The molecule has 1 heterocycles. The molecule has 72 valence electrons. The third-order valence-corrected chi connectivity index (χ3v) is 2.29. The van der Waals surface area contributed by atoms with Crippen molar-refractivity contribution in [1.82, 2.24) is 4.90 Å². The van der Waals surface area contributed by atoms with Crippen LogP contribution in [0.3, 0.4) is 0 Å². The molecule has 2 unspecified atom stereocenters. The predicted molar refractivity (Wildman–Crippen MR) is 44.7 cm³/mol. The summed E-state index contributed by atoms with van der Waals surface area (Å²) in [6.45, 7) is 1.89. The smallest absolute Gasteiger partial charge is 0.182 e. The van der Waals surface area contributed by atoms with Crippen LogP contribution >= 0.6 is 0 Å². The van der Waals surface area contributed by atoms with Crippen LogP contribution in [-0.2, 0) is 4.74 Å². The van der Waals surface area contributed by atoms with Gasteiger partial charge in [-0.15, -0.1) is 0 Å². The summed E-state index contributed by atoms with van der Waals surface area (Å²) in [5.74, 6) is 0. The molecule has 1 aliphatic rings. The molecule has 1 rings (SSSR count). The second-order valence-corrected chi connectivity index (χ2v) is 3.59. The minimum atomic E-state index is -1.04. The van der Waals surface area contributed by atoms with Crippen molar-refractivity contribution in [3.63, 3.8) is 0 Å². The number of aliphatic hydroxyl groups excluding tert-OH is 2. The first-order valence-corrected chi connectivity index (χ1v) is 4.20. The van der Waals surface area contributed by atoms with Crippen molar-refractivity contribution in [2.45, 2.75) is 37.9 Å². The monoisotopic (exact) mass is 175 g/mol. The fraction of sp³-hybridized carbons (Fsp3) is 1.00. The van der Waals surface area contributed by atoms with Gasteiger partial charge in [0.25, 0.3) is 0 Å². The molecule has 2 N–H and O–H groups in total. The Kier molecular flexibility index (Phi) is 3.06. The Morgan fingerprint density at radius 2 is 1.92 bits per heavy atom. The highest BCUT2D eigenvalue weighted by atomic mass is 16.6. The lowest BCUT2D eigenvalue weighted by Crippen LogP contribution is -2.53. The average molecular weight is 175 g/mol. The maximum atomic E-state index is 9.51. The number of hydrogen-bond acceptors (Lipinski definition) is 4. The van der Waals surface area contributed by atoms with Crippen LogP contribution in [0.4, 0.5) is 0 Å². The van der Waals surface area contributed by atoms with Gasteiger partial charge in [-0.3, -0.25) is 0 Å². The molecule has 0 aromatic heterocycles. The molecular formula is C8H17NO3. The molecule has 0 aromatic carbocycles. The van der Waals surface area contributed by atoms with Crippen LogP contribution in [0, 0.1) is 0 Å². The maximum absolute atomic E-state index is 9.51. The van der Waals surface area contributed by atoms with Crippen LogP contribution in [0.5, 0.6) is 0 Å². The van der Waals surface area contributed by atoms with Crippen LogP contribution in [0.1, 0.15) is 13.3 Å². The standard InChI is InChI=1S/C8H17NO3/c1-5-4-6(9(2)3)7(10)8(11)12-5/h5-8,10-11H,4H2,1-3H3/t5?,6-,7+,8?/m0/s1. The zero-order chi connectivity index (χ0) is 9.30. The topological polar surface area (TPSA) is 52.9 Å². The second kappa shape index (κ2) is 3.70. The van der Waals surface area contributed by atoms with Crippen molar-refractivity contribution in [3.05, 3.63) is 0 Å². The lowest BCUT2D eigenvalue weighted by molar-refractivity contribution is -0.230. The summed E-state index contributed by atoms with van der Waals surface area (Å²) in [6, 6.07) is -0.0104. The number of hydrogen-bond donors (Lipinski definition) is 2. The molecule has 0 saturated carbocycles. The van der Waals surface area contributed by atoms with Crippen LogP contribution in [0.2, 0.25) is 0 Å². The van der Waals surface area contributed by atoms with Gasteiger partial charge >= 0.3 is 0 Å². The van der Waals surface area contributed by atoms with Gasteiger partial charge in [-0.1, -0.05) is 0 Å². The predicted octanol–water partition coefficient (Wildman–Crippen LogP) is -0.595. The molecule has 0 spiro atoms. The van der Waals surface area contributed by atoms with E-state index in [1.54, 1.807) is 0 Å². The lowest BCUT2D eigenvalue weighted by atomic mass is 9.99. The van der Waals surface area contributed by atoms with E-state index in [1.165, 1.54) is 0 Å². The fourth-order valence-electron chi connectivity index (χ4n) is 1.56. The van der Waals surface area contributed by atoms with Crippen molar-refractivity contribution in [2.75, 3.05) is 14.1 Å². The molecule has 12 heavy (non-hydrogen) atoms. The number of likely N-dealkylation sites (N-methyl/N-ethyl adjacent to an activating group) is 1. The summed E-state index contributed by atoms with van der Waals surface area (Å²) in [6.07, 6.45) is -1.07. The van der Waals surface area contributed by atoms with E-state index in [9.17, 15) is 10.2 Å². The Hall–Kier alpha value is -0.160. The summed E-state index contributed by atoms with van der Waals surface area (Å²) in [5, 5.41) is 18.8. The molecular weight excluding hydrogens is 158 g/mol. The van der Waals surface area contributed by atoms with Crippen LogP contribution < -0.4 is 0 Å².